The molecule has 8 aliphatic carbocycles. The Labute approximate surface area is 794 Å². The van der Waals surface area contributed by atoms with Gasteiger partial charge in [0.15, 0.2) is 28.1 Å². The maximum Gasteiger partial charge on any atom is 0.569 e. The Balaban J connectivity index is 0.000000129. The number of fused-ring (bicyclic) bond motifs is 18. The first-order valence-corrected chi connectivity index (χ1v) is 48.6. The molecule has 4 saturated carbocycles. The van der Waals surface area contributed by atoms with Gasteiger partial charge in [0.1, 0.15) is 50.3 Å². The lowest BCUT2D eigenvalue weighted by Gasteiger charge is -2.48. The van der Waals surface area contributed by atoms with Crippen LogP contribution < -0.4 is 44.4 Å². The second-order valence-corrected chi connectivity index (χ2v) is 41.8. The molecule has 126 heavy (non-hydrogen) atoms. The van der Waals surface area contributed by atoms with Crippen LogP contribution >= 0.6 is 119 Å². The minimum absolute atomic E-state index is 0. The molecule has 7 aliphatic heterocycles. The van der Waals surface area contributed by atoms with Crippen LogP contribution in [0.15, 0.2) is 148 Å². The Morgan fingerprint density at radius 2 is 0.889 bits per heavy atom. The highest BCUT2D eigenvalue weighted by atomic mass is 79.9. The first-order valence-electron chi connectivity index (χ1n) is 43.4. The summed E-state index contributed by atoms with van der Waals surface area (Å²) in [5.74, 6) is 3.78. The molecule has 0 aromatic heterocycles. The van der Waals surface area contributed by atoms with E-state index in [1.165, 1.54) is 63.0 Å². The predicted octanol–water partition coefficient (Wildman–Crippen LogP) is 16.6. The van der Waals surface area contributed by atoms with E-state index in [1.807, 2.05) is 27.4 Å². The first kappa shape index (κ1) is 96.3. The van der Waals surface area contributed by atoms with Gasteiger partial charge >= 0.3 is 7.69 Å². The number of methoxy groups -OCH3 is 4. The van der Waals surface area contributed by atoms with E-state index in [4.69, 9.17) is 132 Å². The summed E-state index contributed by atoms with van der Waals surface area (Å²) in [6, 6.07) is 34.8. The van der Waals surface area contributed by atoms with Gasteiger partial charge in [0.2, 0.25) is 0 Å². The van der Waals surface area contributed by atoms with Crippen LogP contribution in [0, 0.1) is 33.3 Å². The highest BCUT2D eigenvalue weighted by Gasteiger charge is 2.70. The molecular formula is C92H114BBr3Cl2F2N15O7S4. The SMILES string of the molecule is COC1CCC2(CC1)Cc1ccc(-c3cc(F)cc(Cl)c3)cc1C21N=C(N)N2CCCN=C21.COC1CCC2(CC1)Cc1ccc(Br)cc1C21N=C(N)N2CCCN=C21.COC1CCC2(CC1)Cc1ccc(Br)cc1C21NC(=S)N2CCCN=C21.COC1CCC2(CC1)Cc1ccc(Br)cc1C21NC(=S)SC1=S.N.NCCCN.O.O[B]Oc1cc(F)cc(Cl)c1. The summed E-state index contributed by atoms with van der Waals surface area (Å²) in [7, 11) is 7.76. The summed E-state index contributed by atoms with van der Waals surface area (Å²) >= 11 is 41.4. The smallest absolute Gasteiger partial charge is 0.537 e. The fourth-order valence-electron chi connectivity index (χ4n) is 23.5. The third-order valence-electron chi connectivity index (χ3n) is 29.3. The number of hydrogen-bond donors (Lipinski definition) is 8. The van der Waals surface area contributed by atoms with Crippen LogP contribution in [0.4, 0.5) is 8.78 Å². The van der Waals surface area contributed by atoms with E-state index >= 15 is 0 Å². The number of guanidine groups is 2. The van der Waals surface area contributed by atoms with Crippen molar-refractivity contribution in [3.63, 3.8) is 0 Å². The van der Waals surface area contributed by atoms with Gasteiger partial charge in [-0.1, -0.05) is 138 Å². The Morgan fingerprint density at radius 1 is 0.500 bits per heavy atom. The van der Waals surface area contributed by atoms with Gasteiger partial charge in [-0.15, -0.1) is 0 Å². The van der Waals surface area contributed by atoms with Crippen molar-refractivity contribution in [2.24, 2.45) is 69.6 Å². The van der Waals surface area contributed by atoms with Gasteiger partial charge in [-0.05, 0) is 308 Å². The summed E-state index contributed by atoms with van der Waals surface area (Å²) in [4.78, 5) is 32.1. The van der Waals surface area contributed by atoms with Gasteiger partial charge in [-0.25, -0.2) is 18.8 Å². The molecule has 8 spiro atoms. The third kappa shape index (κ3) is 17.1. The van der Waals surface area contributed by atoms with Crippen molar-refractivity contribution in [1.82, 2.24) is 31.5 Å². The van der Waals surface area contributed by atoms with Gasteiger partial charge in [0, 0.05) is 119 Å². The normalized spacial score (nSPS) is 30.3. The molecule has 4 unspecified atom stereocenters. The summed E-state index contributed by atoms with van der Waals surface area (Å²) in [6.45, 7) is 6.76. The lowest BCUT2D eigenvalue weighted by molar-refractivity contribution is 0.00770. The van der Waals surface area contributed by atoms with Gasteiger partial charge in [-0.2, -0.15) is 0 Å². The van der Waals surface area contributed by atoms with Crippen LogP contribution in [0.2, 0.25) is 10.0 Å². The molecule has 15 aliphatic rings. The molecular weight excluding hydrogens is 1910 g/mol. The average Bonchev–Trinajstić information content (AvgIpc) is 1.53. The van der Waals surface area contributed by atoms with E-state index < -0.39 is 16.9 Å². The largest absolute Gasteiger partial charge is 0.569 e. The van der Waals surface area contributed by atoms with Crippen LogP contribution in [-0.4, -0.2) is 181 Å². The number of thiocarbonyl (C=S) groups is 3. The number of thioether (sulfide) groups is 1. The molecule has 2 saturated heterocycles. The van der Waals surface area contributed by atoms with E-state index in [0.717, 1.165) is 274 Å². The summed E-state index contributed by atoms with van der Waals surface area (Å²) in [5, 5.41) is 17.1. The summed E-state index contributed by atoms with van der Waals surface area (Å²) in [5.41, 5.74) is 34.1. The van der Waals surface area contributed by atoms with Crippen LogP contribution in [-0.2, 0) is 66.8 Å². The number of ether oxygens (including phenoxy) is 4. The maximum atomic E-state index is 14.2. The minimum atomic E-state index is -0.599. The fourth-order valence-corrected chi connectivity index (χ4v) is 27.4. The molecule has 1 radical (unpaired) electrons. The molecule has 6 aromatic carbocycles. The second-order valence-electron chi connectivity index (χ2n) is 35.5. The molecule has 0 bridgehead atoms. The first-order chi connectivity index (χ1) is 59.8. The minimum Gasteiger partial charge on any atom is -0.537 e. The monoisotopic (exact) mass is 2020 g/mol. The molecule has 21 rings (SSSR count). The predicted molar refractivity (Wildman–Crippen MR) is 525 cm³/mol. The Kier molecular flexibility index (Phi) is 30.3. The fraction of sp³-hybridized carbons (Fsp3) is 0.522. The van der Waals surface area contributed by atoms with Crippen molar-refractivity contribution in [3.8, 4) is 16.9 Å². The molecule has 675 valence electrons. The lowest BCUT2D eigenvalue weighted by atomic mass is 9.61. The number of nitrogens with two attached hydrogens (primary N) is 4. The maximum absolute atomic E-state index is 14.2. The van der Waals surface area contributed by atoms with E-state index in [-0.39, 0.29) is 67.1 Å². The number of amidine groups is 3. The molecule has 16 N–H and O–H groups in total. The van der Waals surface area contributed by atoms with Crippen molar-refractivity contribution in [2.45, 2.75) is 201 Å². The molecule has 34 heteroatoms. The lowest BCUT2D eigenvalue weighted by Crippen LogP contribution is -2.57. The molecule has 4 atom stereocenters. The standard InChI is InChI=1S/C26H28ClFN4O.C20H25BrN4O.C20H24BrN3OS.C17H18BrNOS3.C6H4BClFO2.C3H10N2.H3N.H2O/c1-33-21-5-7-25(8-6-21)15-17-4-3-16(18-11-19(27)14-20(28)12-18)13-22(17)26(25)23-30-9-2-10-32(23)24(29)31-26;1-26-15-5-7-19(8-6-15)12-13-3-4-14(21)11-16(13)20(19)17-23-9-2-10-25(17)18(22)24-20;1-25-15-5-7-19(8-6-15)12-13-3-4-14(21)11-16(13)20(19)17-22-9-2-10-24(17)18(26)23-20;1-20-12-4-6-16(7-5-12)9-10-2-3-11(18)8-13(10)17(16)14(21)23-15(22)19-17;8-4-1-5(9)3-6(2-4)11-7-10;4-2-1-3-5;;/h3-4,11-14,21H,2,5-10,15H2,1H3,(H2,29,31);3-4,11,15H,2,5-10,12H2,1H3,(H2,22,24);3-4,11,15H,2,5-10,12H2,1H3,(H,23,26);2-3,8,12H,4-7,9H2,1H3,(H,19,22);1-3,10H;1-5H2;1H3;1H2. The molecule has 6 fully saturated rings. The van der Waals surface area contributed by atoms with Crippen molar-refractivity contribution in [2.75, 3.05) is 80.8 Å². The number of halogens is 7. The van der Waals surface area contributed by atoms with Crippen LogP contribution in [0.1, 0.15) is 173 Å². The number of hydrogen-bond acceptors (Lipinski definition) is 22. The second kappa shape index (κ2) is 39.6. The van der Waals surface area contributed by atoms with Crippen molar-refractivity contribution >= 4 is 170 Å². The van der Waals surface area contributed by atoms with Crippen LogP contribution in [0.5, 0.6) is 5.75 Å². The number of rotatable bonds is 9. The number of benzene rings is 6. The number of nitrogens with zero attached hydrogens (tertiary/aromatic N) is 8. The van der Waals surface area contributed by atoms with Gasteiger partial charge in [0.05, 0.1) is 28.6 Å². The number of nitrogens with one attached hydrogen (secondary N) is 2. The van der Waals surface area contributed by atoms with E-state index in [0.29, 0.717) is 42.9 Å². The van der Waals surface area contributed by atoms with Gasteiger partial charge < -0.3 is 78.7 Å². The van der Waals surface area contributed by atoms with Gasteiger partial charge in [-0.3, -0.25) is 24.8 Å². The zero-order chi connectivity index (χ0) is 87.3. The van der Waals surface area contributed by atoms with Crippen LogP contribution in [0.3, 0.4) is 0 Å². The van der Waals surface area contributed by atoms with E-state index in [1.54, 1.807) is 18.9 Å². The Hall–Kier alpha value is -5.73. The van der Waals surface area contributed by atoms with E-state index in [9.17, 15) is 8.78 Å². The third-order valence-corrected chi connectivity index (χ3v) is 33.2. The Morgan fingerprint density at radius 3 is 1.31 bits per heavy atom. The summed E-state index contributed by atoms with van der Waals surface area (Å²) < 4.78 is 58.9. The molecule has 0 amide bonds. The molecule has 7 heterocycles. The zero-order valence-electron chi connectivity index (χ0n) is 71.8. The molecule has 6 aromatic rings. The van der Waals surface area contributed by atoms with Crippen molar-refractivity contribution in [3.05, 3.63) is 189 Å². The topological polar surface area (TPSA) is 333 Å². The Bertz CT molecular complexity index is 5210. The quantitative estimate of drug-likeness (QED) is 0.0492. The van der Waals surface area contributed by atoms with Crippen molar-refractivity contribution < 1.29 is 42.9 Å². The zero-order valence-corrected chi connectivity index (χ0v) is 81.3. The summed E-state index contributed by atoms with van der Waals surface area (Å²) in [6.07, 6.45) is 26.9. The average molecular weight is 2030 g/mol. The van der Waals surface area contributed by atoms with Gasteiger partial charge in [0.25, 0.3) is 0 Å². The highest BCUT2D eigenvalue weighted by Crippen LogP contribution is 2.67. The van der Waals surface area contributed by atoms with E-state index in [2.05, 4.69) is 151 Å². The molecule has 22 nitrogen and oxygen atoms in total. The highest BCUT2D eigenvalue weighted by molar-refractivity contribution is 9.11. The number of aliphatic imine (C=N–C) groups is 5. The van der Waals surface area contributed by atoms with Crippen molar-refractivity contribution in [1.29, 1.82) is 0 Å². The van der Waals surface area contributed by atoms with Crippen LogP contribution in [0.25, 0.3) is 11.1 Å².